The Labute approximate surface area is 97.5 Å². The van der Waals surface area contributed by atoms with Gasteiger partial charge in [0.15, 0.2) is 0 Å². The predicted octanol–water partition coefficient (Wildman–Crippen LogP) is 2.45. The molecular formula is C12H10N4O. The van der Waals surface area contributed by atoms with Crippen LogP contribution in [0.15, 0.2) is 36.8 Å². The van der Waals surface area contributed by atoms with Crippen LogP contribution in [-0.2, 0) is 0 Å². The van der Waals surface area contributed by atoms with Crippen molar-refractivity contribution in [2.45, 2.75) is 6.92 Å². The van der Waals surface area contributed by atoms with Crippen LogP contribution in [0.5, 0.6) is 11.8 Å². The Morgan fingerprint density at radius 1 is 1.12 bits per heavy atom. The van der Waals surface area contributed by atoms with Crippen molar-refractivity contribution in [2.75, 3.05) is 0 Å². The quantitative estimate of drug-likeness (QED) is 0.729. The van der Waals surface area contributed by atoms with E-state index in [-0.39, 0.29) is 0 Å². The Balaban J connectivity index is 1.91. The molecule has 3 rings (SSSR count). The summed E-state index contributed by atoms with van der Waals surface area (Å²) in [5.74, 6) is 0.686. The highest BCUT2D eigenvalue weighted by molar-refractivity contribution is 5.79. The average molecular weight is 226 g/mol. The van der Waals surface area contributed by atoms with Gasteiger partial charge >= 0.3 is 6.01 Å². The molecule has 1 aromatic carbocycles. The third-order valence-corrected chi connectivity index (χ3v) is 2.38. The van der Waals surface area contributed by atoms with Crippen molar-refractivity contribution in [2.24, 2.45) is 0 Å². The lowest BCUT2D eigenvalue weighted by molar-refractivity contribution is 0.442. The van der Waals surface area contributed by atoms with Crippen LogP contribution in [0.1, 0.15) is 5.56 Å². The third kappa shape index (κ3) is 1.94. The molecule has 0 unspecified atom stereocenters. The van der Waals surface area contributed by atoms with Crippen LogP contribution < -0.4 is 4.74 Å². The van der Waals surface area contributed by atoms with Gasteiger partial charge in [-0.15, -0.1) is 0 Å². The number of nitrogens with one attached hydrogen (secondary N) is 1. The first-order valence-electron chi connectivity index (χ1n) is 5.21. The summed E-state index contributed by atoms with van der Waals surface area (Å²) in [4.78, 5) is 8.16. The Hall–Kier alpha value is -2.43. The maximum absolute atomic E-state index is 5.54. The van der Waals surface area contributed by atoms with Crippen molar-refractivity contribution in [3.05, 3.63) is 42.4 Å². The lowest BCUT2D eigenvalue weighted by Crippen LogP contribution is -1.91. The molecule has 2 heterocycles. The minimum atomic E-state index is 0.342. The van der Waals surface area contributed by atoms with Gasteiger partial charge in [-0.1, -0.05) is 0 Å². The predicted molar refractivity (Wildman–Crippen MR) is 62.9 cm³/mol. The van der Waals surface area contributed by atoms with E-state index in [0.717, 1.165) is 16.5 Å². The van der Waals surface area contributed by atoms with Gasteiger partial charge in [-0.3, -0.25) is 5.10 Å². The normalized spacial score (nSPS) is 10.6. The molecule has 0 saturated carbocycles. The Bertz CT molecular complexity index is 645. The number of ether oxygens (including phenoxy) is 1. The topological polar surface area (TPSA) is 63.7 Å². The highest BCUT2D eigenvalue weighted by Gasteiger charge is 2.02. The van der Waals surface area contributed by atoms with Gasteiger partial charge in [0.25, 0.3) is 0 Å². The summed E-state index contributed by atoms with van der Waals surface area (Å²) in [5, 5.41) is 7.88. The van der Waals surface area contributed by atoms with Crippen LogP contribution in [0, 0.1) is 6.92 Å². The fourth-order valence-electron chi connectivity index (χ4n) is 1.52. The number of H-pyrrole nitrogens is 1. The minimum absolute atomic E-state index is 0.342. The molecule has 2 aromatic heterocycles. The molecule has 0 fully saturated rings. The van der Waals surface area contributed by atoms with Crippen LogP contribution >= 0.6 is 0 Å². The second-order valence-corrected chi connectivity index (χ2v) is 3.76. The smallest absolute Gasteiger partial charge is 0.321 e. The number of aryl methyl sites for hydroxylation is 1. The van der Waals surface area contributed by atoms with E-state index in [4.69, 9.17) is 4.74 Å². The Morgan fingerprint density at radius 2 is 1.94 bits per heavy atom. The maximum Gasteiger partial charge on any atom is 0.321 e. The standard InChI is InChI=1S/C12H10N4O/c1-8-5-13-12(14-6-8)17-10-3-2-9-7-15-16-11(9)4-10/h2-7H,1H3,(H,15,16). The molecule has 0 saturated heterocycles. The van der Waals surface area contributed by atoms with Crippen molar-refractivity contribution in [1.82, 2.24) is 20.2 Å². The summed E-state index contributed by atoms with van der Waals surface area (Å²) < 4.78 is 5.54. The summed E-state index contributed by atoms with van der Waals surface area (Å²) in [6.45, 7) is 1.93. The zero-order valence-electron chi connectivity index (χ0n) is 9.21. The second-order valence-electron chi connectivity index (χ2n) is 3.76. The van der Waals surface area contributed by atoms with Gasteiger partial charge < -0.3 is 4.74 Å². The molecule has 0 aliphatic rings. The zero-order valence-corrected chi connectivity index (χ0v) is 9.21. The van der Waals surface area contributed by atoms with Crippen molar-refractivity contribution in [1.29, 1.82) is 0 Å². The summed E-state index contributed by atoms with van der Waals surface area (Å²) in [7, 11) is 0. The number of fused-ring (bicyclic) bond motifs is 1. The van der Waals surface area contributed by atoms with E-state index in [9.17, 15) is 0 Å². The number of hydrogen-bond donors (Lipinski definition) is 1. The van der Waals surface area contributed by atoms with Gasteiger partial charge in [0.2, 0.25) is 0 Å². The van der Waals surface area contributed by atoms with Crippen LogP contribution in [0.25, 0.3) is 10.9 Å². The van der Waals surface area contributed by atoms with Crippen LogP contribution in [0.2, 0.25) is 0 Å². The molecule has 17 heavy (non-hydrogen) atoms. The molecule has 3 aromatic rings. The van der Waals surface area contributed by atoms with E-state index in [2.05, 4.69) is 20.2 Å². The number of rotatable bonds is 2. The first-order valence-corrected chi connectivity index (χ1v) is 5.21. The molecule has 0 spiro atoms. The molecule has 0 amide bonds. The number of benzene rings is 1. The number of hydrogen-bond acceptors (Lipinski definition) is 4. The van der Waals surface area contributed by atoms with Gasteiger partial charge in [0.05, 0.1) is 11.7 Å². The lowest BCUT2D eigenvalue weighted by Gasteiger charge is -2.03. The largest absolute Gasteiger partial charge is 0.424 e. The average Bonchev–Trinajstić information content (AvgIpc) is 2.79. The molecule has 5 heteroatoms. The first kappa shape index (κ1) is 9.77. The van der Waals surface area contributed by atoms with Crippen LogP contribution in [-0.4, -0.2) is 20.2 Å². The highest BCUT2D eigenvalue weighted by atomic mass is 16.5. The number of aromatic amines is 1. The fraction of sp³-hybridized carbons (Fsp3) is 0.0833. The summed E-state index contributed by atoms with van der Waals surface area (Å²) in [6, 6.07) is 6.00. The number of nitrogens with zero attached hydrogens (tertiary/aromatic N) is 3. The van der Waals surface area contributed by atoms with E-state index in [0.29, 0.717) is 11.8 Å². The van der Waals surface area contributed by atoms with Gasteiger partial charge in [0.1, 0.15) is 5.75 Å². The minimum Gasteiger partial charge on any atom is -0.424 e. The van der Waals surface area contributed by atoms with E-state index >= 15 is 0 Å². The van der Waals surface area contributed by atoms with Gasteiger partial charge in [0, 0.05) is 23.8 Å². The van der Waals surface area contributed by atoms with Crippen molar-refractivity contribution >= 4 is 10.9 Å². The summed E-state index contributed by atoms with van der Waals surface area (Å²) >= 11 is 0. The molecule has 0 atom stereocenters. The van der Waals surface area contributed by atoms with Gasteiger partial charge in [-0.05, 0) is 24.6 Å². The summed E-state index contributed by atoms with van der Waals surface area (Å²) in [6.07, 6.45) is 5.20. The maximum atomic E-state index is 5.54. The van der Waals surface area contributed by atoms with Crippen molar-refractivity contribution in [3.63, 3.8) is 0 Å². The van der Waals surface area contributed by atoms with E-state index in [1.165, 1.54) is 0 Å². The molecular weight excluding hydrogens is 216 g/mol. The van der Waals surface area contributed by atoms with Crippen molar-refractivity contribution < 1.29 is 4.74 Å². The zero-order chi connectivity index (χ0) is 11.7. The van der Waals surface area contributed by atoms with Crippen LogP contribution in [0.3, 0.4) is 0 Å². The van der Waals surface area contributed by atoms with E-state index in [1.54, 1.807) is 18.6 Å². The molecule has 1 N–H and O–H groups in total. The number of aromatic nitrogens is 4. The van der Waals surface area contributed by atoms with Gasteiger partial charge in [-0.2, -0.15) is 5.10 Å². The molecule has 0 radical (unpaired) electrons. The molecule has 0 bridgehead atoms. The lowest BCUT2D eigenvalue weighted by atomic mass is 10.2. The Morgan fingerprint density at radius 3 is 2.76 bits per heavy atom. The molecule has 0 aliphatic heterocycles. The van der Waals surface area contributed by atoms with Crippen LogP contribution in [0.4, 0.5) is 0 Å². The fourth-order valence-corrected chi connectivity index (χ4v) is 1.52. The third-order valence-electron chi connectivity index (χ3n) is 2.38. The monoisotopic (exact) mass is 226 g/mol. The van der Waals surface area contributed by atoms with Crippen molar-refractivity contribution in [3.8, 4) is 11.8 Å². The molecule has 84 valence electrons. The second kappa shape index (κ2) is 3.86. The summed E-state index contributed by atoms with van der Waals surface area (Å²) in [5.41, 5.74) is 1.93. The highest BCUT2D eigenvalue weighted by Crippen LogP contribution is 2.21. The van der Waals surface area contributed by atoms with E-state index < -0.39 is 0 Å². The van der Waals surface area contributed by atoms with E-state index in [1.807, 2.05) is 25.1 Å². The Kier molecular flexibility index (Phi) is 2.22. The molecule has 5 nitrogen and oxygen atoms in total. The first-order chi connectivity index (χ1) is 8.31. The molecule has 0 aliphatic carbocycles. The SMILES string of the molecule is Cc1cnc(Oc2ccc3cn[nH]c3c2)nc1. The van der Waals surface area contributed by atoms with Gasteiger partial charge in [-0.25, -0.2) is 9.97 Å².